The monoisotopic (exact) mass is 232 g/mol. The van der Waals surface area contributed by atoms with Gasteiger partial charge in [0.15, 0.2) is 17.4 Å². The Kier molecular flexibility index (Phi) is 4.08. The van der Waals surface area contributed by atoms with Crippen molar-refractivity contribution in [2.24, 2.45) is 0 Å². The zero-order valence-electron chi connectivity index (χ0n) is 8.13. The Morgan fingerprint density at radius 2 is 2.00 bits per heavy atom. The molecule has 82 valence electrons. The molecule has 0 aliphatic carbocycles. The molecule has 0 saturated carbocycles. The number of benzene rings is 1. The third-order valence-corrected chi connectivity index (χ3v) is 3.08. The van der Waals surface area contributed by atoms with Crippen molar-refractivity contribution in [3.8, 4) is 0 Å². The number of hydrogen-bond donors (Lipinski definition) is 0. The van der Waals surface area contributed by atoms with Crippen LogP contribution in [0.4, 0.5) is 8.78 Å². The second-order valence-corrected chi connectivity index (χ2v) is 4.67. The van der Waals surface area contributed by atoms with Gasteiger partial charge in [-0.25, -0.2) is 8.78 Å². The first kappa shape index (κ1) is 12.0. The quantitative estimate of drug-likeness (QED) is 0.743. The Balaban J connectivity index is 2.83. The van der Waals surface area contributed by atoms with E-state index in [4.69, 9.17) is 0 Å². The first-order valence-electron chi connectivity index (χ1n) is 4.37. The SMILES string of the molecule is CCS(=O)CC(=O)c1ccc(F)c(F)c1. The smallest absolute Gasteiger partial charge is 0.175 e. The summed E-state index contributed by atoms with van der Waals surface area (Å²) < 4.78 is 36.4. The van der Waals surface area contributed by atoms with E-state index >= 15 is 0 Å². The van der Waals surface area contributed by atoms with Crippen molar-refractivity contribution >= 4 is 16.6 Å². The maximum Gasteiger partial charge on any atom is 0.175 e. The van der Waals surface area contributed by atoms with Crippen molar-refractivity contribution in [2.45, 2.75) is 6.92 Å². The van der Waals surface area contributed by atoms with E-state index in [-0.39, 0.29) is 11.3 Å². The van der Waals surface area contributed by atoms with E-state index in [0.717, 1.165) is 12.1 Å². The summed E-state index contributed by atoms with van der Waals surface area (Å²) in [4.78, 5) is 11.4. The minimum atomic E-state index is -1.24. The Morgan fingerprint density at radius 1 is 1.33 bits per heavy atom. The van der Waals surface area contributed by atoms with E-state index in [1.54, 1.807) is 6.92 Å². The summed E-state index contributed by atoms with van der Waals surface area (Å²) in [6, 6.07) is 2.90. The lowest BCUT2D eigenvalue weighted by atomic mass is 10.1. The van der Waals surface area contributed by atoms with Crippen LogP contribution in [0.5, 0.6) is 0 Å². The van der Waals surface area contributed by atoms with Crippen LogP contribution in [0.2, 0.25) is 0 Å². The zero-order valence-corrected chi connectivity index (χ0v) is 8.94. The summed E-state index contributed by atoms with van der Waals surface area (Å²) in [6.45, 7) is 1.69. The van der Waals surface area contributed by atoms with Crippen LogP contribution in [-0.2, 0) is 10.8 Å². The standard InChI is InChI=1S/C10H10F2O2S/c1-2-15(14)6-10(13)7-3-4-8(11)9(12)5-7/h3-5H,2,6H2,1H3. The van der Waals surface area contributed by atoms with Crippen molar-refractivity contribution in [3.05, 3.63) is 35.4 Å². The van der Waals surface area contributed by atoms with Gasteiger partial charge >= 0.3 is 0 Å². The lowest BCUT2D eigenvalue weighted by Gasteiger charge is -2.00. The third-order valence-electron chi connectivity index (χ3n) is 1.86. The van der Waals surface area contributed by atoms with Crippen molar-refractivity contribution in [2.75, 3.05) is 11.5 Å². The number of carbonyl (C=O) groups excluding carboxylic acids is 1. The molecule has 5 heteroatoms. The van der Waals surface area contributed by atoms with E-state index in [0.29, 0.717) is 5.75 Å². The van der Waals surface area contributed by atoms with Crippen molar-refractivity contribution in [1.82, 2.24) is 0 Å². The van der Waals surface area contributed by atoms with E-state index in [1.807, 2.05) is 0 Å². The fourth-order valence-electron chi connectivity index (χ4n) is 1.00. The highest BCUT2D eigenvalue weighted by Gasteiger charge is 2.11. The molecule has 2 nitrogen and oxygen atoms in total. The van der Waals surface area contributed by atoms with Crippen molar-refractivity contribution in [3.63, 3.8) is 0 Å². The molecule has 0 spiro atoms. The molecule has 0 saturated heterocycles. The van der Waals surface area contributed by atoms with Gasteiger partial charge in [-0.15, -0.1) is 0 Å². The summed E-state index contributed by atoms with van der Waals surface area (Å²) in [6.07, 6.45) is 0. The van der Waals surface area contributed by atoms with Gasteiger partial charge in [-0.05, 0) is 18.2 Å². The Bertz CT molecular complexity index is 404. The van der Waals surface area contributed by atoms with Gasteiger partial charge in [0.05, 0.1) is 5.75 Å². The molecule has 1 atom stereocenters. The molecule has 0 aliphatic rings. The van der Waals surface area contributed by atoms with E-state index in [9.17, 15) is 17.8 Å². The minimum absolute atomic E-state index is 0.0516. The van der Waals surface area contributed by atoms with Gasteiger partial charge < -0.3 is 0 Å². The van der Waals surface area contributed by atoms with Gasteiger partial charge in [0.1, 0.15) is 0 Å². The minimum Gasteiger partial charge on any atom is -0.293 e. The van der Waals surface area contributed by atoms with Crippen LogP contribution in [0, 0.1) is 11.6 Å². The molecule has 0 amide bonds. The Hall–Kier alpha value is -1.10. The topological polar surface area (TPSA) is 34.1 Å². The van der Waals surface area contributed by atoms with Crippen LogP contribution in [0.1, 0.15) is 17.3 Å². The van der Waals surface area contributed by atoms with Gasteiger partial charge in [-0.3, -0.25) is 9.00 Å². The molecule has 0 heterocycles. The number of halogens is 2. The molecular weight excluding hydrogens is 222 g/mol. The summed E-state index contributed by atoms with van der Waals surface area (Å²) in [7, 11) is -1.24. The molecule has 0 radical (unpaired) electrons. The lowest BCUT2D eigenvalue weighted by Crippen LogP contribution is -2.12. The second-order valence-electron chi connectivity index (χ2n) is 2.92. The predicted octanol–water partition coefficient (Wildman–Crippen LogP) is 1.92. The average molecular weight is 232 g/mol. The summed E-state index contributed by atoms with van der Waals surface area (Å²) >= 11 is 0. The maximum absolute atomic E-state index is 12.8. The van der Waals surface area contributed by atoms with Gasteiger partial charge in [-0.1, -0.05) is 6.92 Å². The van der Waals surface area contributed by atoms with Crippen molar-refractivity contribution in [1.29, 1.82) is 0 Å². The largest absolute Gasteiger partial charge is 0.293 e. The van der Waals surface area contributed by atoms with E-state index in [1.165, 1.54) is 6.07 Å². The summed E-state index contributed by atoms with van der Waals surface area (Å²) in [5.74, 6) is -2.28. The average Bonchev–Trinajstić information content (AvgIpc) is 2.21. The number of Topliss-reactive ketones (excluding diaryl/α,β-unsaturated/α-hetero) is 1. The highest BCUT2D eigenvalue weighted by Crippen LogP contribution is 2.09. The van der Waals surface area contributed by atoms with Crippen LogP contribution < -0.4 is 0 Å². The number of carbonyl (C=O) groups is 1. The Labute approximate surface area is 88.8 Å². The third kappa shape index (κ3) is 3.20. The molecule has 1 unspecified atom stereocenters. The predicted molar refractivity (Wildman–Crippen MR) is 54.2 cm³/mol. The Morgan fingerprint density at radius 3 is 2.53 bits per heavy atom. The van der Waals surface area contributed by atoms with Gasteiger partial charge in [-0.2, -0.15) is 0 Å². The molecule has 0 bridgehead atoms. The molecule has 1 rings (SSSR count). The molecule has 0 aromatic heterocycles. The van der Waals surface area contributed by atoms with E-state index < -0.39 is 28.2 Å². The number of ketones is 1. The molecule has 0 N–H and O–H groups in total. The summed E-state index contributed by atoms with van der Waals surface area (Å²) in [5.41, 5.74) is 0.0516. The van der Waals surface area contributed by atoms with Crippen LogP contribution in [-0.4, -0.2) is 21.5 Å². The molecule has 0 fully saturated rings. The molecule has 0 aliphatic heterocycles. The van der Waals surface area contributed by atoms with Gasteiger partial charge in [0, 0.05) is 22.1 Å². The van der Waals surface area contributed by atoms with Gasteiger partial charge in [0.2, 0.25) is 0 Å². The second kappa shape index (κ2) is 5.11. The molecule has 15 heavy (non-hydrogen) atoms. The molecule has 1 aromatic rings. The van der Waals surface area contributed by atoms with Crippen LogP contribution in [0.25, 0.3) is 0 Å². The number of hydrogen-bond acceptors (Lipinski definition) is 2. The first-order chi connectivity index (χ1) is 7.04. The molecule has 1 aromatic carbocycles. The number of rotatable bonds is 4. The normalized spacial score (nSPS) is 12.5. The summed E-state index contributed by atoms with van der Waals surface area (Å²) in [5, 5.41) is 0. The van der Waals surface area contributed by atoms with Crippen LogP contribution in [0.15, 0.2) is 18.2 Å². The van der Waals surface area contributed by atoms with Crippen LogP contribution in [0.3, 0.4) is 0 Å². The maximum atomic E-state index is 12.8. The fraction of sp³-hybridized carbons (Fsp3) is 0.300. The van der Waals surface area contributed by atoms with Crippen LogP contribution >= 0.6 is 0 Å². The van der Waals surface area contributed by atoms with Crippen molar-refractivity contribution < 1.29 is 17.8 Å². The highest BCUT2D eigenvalue weighted by molar-refractivity contribution is 7.85. The zero-order chi connectivity index (χ0) is 11.4. The lowest BCUT2D eigenvalue weighted by molar-refractivity contribution is 0.102. The van der Waals surface area contributed by atoms with Gasteiger partial charge in [0.25, 0.3) is 0 Å². The first-order valence-corrected chi connectivity index (χ1v) is 5.86. The fourth-order valence-corrected chi connectivity index (χ4v) is 1.66. The van der Waals surface area contributed by atoms with E-state index in [2.05, 4.69) is 0 Å². The highest BCUT2D eigenvalue weighted by atomic mass is 32.2. The molecular formula is C10H10F2O2S.